The Morgan fingerprint density at radius 3 is 3.00 bits per heavy atom. The van der Waals surface area contributed by atoms with Gasteiger partial charge in [-0.25, -0.2) is 4.39 Å². The summed E-state index contributed by atoms with van der Waals surface area (Å²) < 4.78 is 13.4. The summed E-state index contributed by atoms with van der Waals surface area (Å²) in [5.74, 6) is -0.0837. The van der Waals surface area contributed by atoms with Gasteiger partial charge in [0.1, 0.15) is 5.82 Å². The molecule has 3 rings (SSSR count). The molecule has 2 aliphatic rings. The Kier molecular flexibility index (Phi) is 3.24. The number of likely N-dealkylation sites (N-methyl/N-ethyl adjacent to an activating group) is 1. The fourth-order valence-corrected chi connectivity index (χ4v) is 3.00. The molecule has 2 fully saturated rings. The summed E-state index contributed by atoms with van der Waals surface area (Å²) in [6.45, 7) is 2.79. The molecule has 2 heterocycles. The number of amides is 1. The molecule has 0 aromatic heterocycles. The van der Waals surface area contributed by atoms with Crippen molar-refractivity contribution in [3.8, 4) is 0 Å². The van der Waals surface area contributed by atoms with Crippen LogP contribution in [0, 0.1) is 5.82 Å². The van der Waals surface area contributed by atoms with Gasteiger partial charge in [0.2, 0.25) is 5.91 Å². The number of nitrogens with zero attached hydrogens (tertiary/aromatic N) is 2. The van der Waals surface area contributed by atoms with Crippen LogP contribution in [0.1, 0.15) is 11.6 Å². The fraction of sp³-hybridized carbons (Fsp3) is 0.500. The molecule has 2 saturated heterocycles. The van der Waals surface area contributed by atoms with Gasteiger partial charge in [0.25, 0.3) is 0 Å². The van der Waals surface area contributed by atoms with E-state index in [0.29, 0.717) is 12.6 Å². The van der Waals surface area contributed by atoms with E-state index in [1.54, 1.807) is 17.0 Å². The van der Waals surface area contributed by atoms with E-state index in [4.69, 9.17) is 0 Å². The number of rotatable bonds is 1. The topological polar surface area (TPSA) is 35.6 Å². The summed E-state index contributed by atoms with van der Waals surface area (Å²) >= 11 is 0. The molecule has 0 saturated carbocycles. The van der Waals surface area contributed by atoms with E-state index in [2.05, 4.69) is 10.2 Å². The Bertz CT molecular complexity index is 493. The van der Waals surface area contributed by atoms with Gasteiger partial charge < -0.3 is 10.2 Å². The van der Waals surface area contributed by atoms with Crippen molar-refractivity contribution in [1.82, 2.24) is 15.1 Å². The van der Waals surface area contributed by atoms with Crippen molar-refractivity contribution >= 4 is 5.91 Å². The number of carbonyl (C=O) groups is 1. The smallest absolute Gasteiger partial charge is 0.236 e. The van der Waals surface area contributed by atoms with E-state index in [1.807, 2.05) is 13.1 Å². The summed E-state index contributed by atoms with van der Waals surface area (Å²) in [7, 11) is 1.84. The molecule has 1 aromatic rings. The van der Waals surface area contributed by atoms with Crippen molar-refractivity contribution in [2.24, 2.45) is 0 Å². The van der Waals surface area contributed by atoms with Gasteiger partial charge in [0.05, 0.1) is 6.54 Å². The summed E-state index contributed by atoms with van der Waals surface area (Å²) in [5.41, 5.74) is 0.939. The lowest BCUT2D eigenvalue weighted by Crippen LogP contribution is -2.63. The quantitative estimate of drug-likeness (QED) is 0.806. The minimum atomic E-state index is -0.222. The molecule has 0 bridgehead atoms. The first-order valence-corrected chi connectivity index (χ1v) is 6.61. The van der Waals surface area contributed by atoms with E-state index in [9.17, 15) is 9.18 Å². The summed E-state index contributed by atoms with van der Waals surface area (Å²) in [5, 5.41) is 3.39. The molecule has 2 atom stereocenters. The minimum absolute atomic E-state index is 0.0760. The maximum atomic E-state index is 13.4. The fourth-order valence-electron chi connectivity index (χ4n) is 3.00. The summed E-state index contributed by atoms with van der Waals surface area (Å²) in [4.78, 5) is 15.9. The van der Waals surface area contributed by atoms with Gasteiger partial charge in [0, 0.05) is 38.8 Å². The third kappa shape index (κ3) is 2.35. The van der Waals surface area contributed by atoms with Gasteiger partial charge in [-0.05, 0) is 17.7 Å². The number of fused-ring (bicyclic) bond motifs is 1. The van der Waals surface area contributed by atoms with Crippen molar-refractivity contribution in [2.45, 2.75) is 12.1 Å². The summed E-state index contributed by atoms with van der Waals surface area (Å²) in [6, 6.07) is 7.06. The SMILES string of the molecule is CN1CC2CNCC(c3cccc(F)c3)N2CC1=O. The molecule has 2 aliphatic heterocycles. The molecule has 5 heteroatoms. The molecule has 4 nitrogen and oxygen atoms in total. The second-order valence-electron chi connectivity index (χ2n) is 5.33. The first-order valence-electron chi connectivity index (χ1n) is 6.61. The van der Waals surface area contributed by atoms with Crippen LogP contribution in [0.25, 0.3) is 0 Å². The average Bonchev–Trinajstić information content (AvgIpc) is 2.39. The number of carbonyl (C=O) groups excluding carboxylic acids is 1. The zero-order valence-corrected chi connectivity index (χ0v) is 11.0. The van der Waals surface area contributed by atoms with Gasteiger partial charge in [-0.2, -0.15) is 0 Å². The Balaban J connectivity index is 1.87. The first kappa shape index (κ1) is 12.6. The number of piperazine rings is 2. The second kappa shape index (κ2) is 4.90. The van der Waals surface area contributed by atoms with Crippen LogP contribution in [-0.4, -0.2) is 55.0 Å². The number of benzene rings is 1. The van der Waals surface area contributed by atoms with Crippen molar-refractivity contribution in [3.63, 3.8) is 0 Å². The first-order chi connectivity index (χ1) is 9.15. The lowest BCUT2D eigenvalue weighted by atomic mass is 9.98. The monoisotopic (exact) mass is 263 g/mol. The third-order valence-electron chi connectivity index (χ3n) is 4.05. The van der Waals surface area contributed by atoms with Gasteiger partial charge in [-0.3, -0.25) is 9.69 Å². The molecular formula is C14H18FN3O. The highest BCUT2D eigenvalue weighted by Gasteiger charge is 2.37. The van der Waals surface area contributed by atoms with Crippen LogP contribution in [0.5, 0.6) is 0 Å². The highest BCUT2D eigenvalue weighted by Crippen LogP contribution is 2.27. The number of hydrogen-bond donors (Lipinski definition) is 1. The van der Waals surface area contributed by atoms with Crippen LogP contribution < -0.4 is 5.32 Å². The molecule has 1 amide bonds. The molecule has 2 unspecified atom stereocenters. The van der Waals surface area contributed by atoms with Crippen molar-refractivity contribution in [3.05, 3.63) is 35.6 Å². The number of halogens is 1. The van der Waals surface area contributed by atoms with Crippen molar-refractivity contribution in [1.29, 1.82) is 0 Å². The average molecular weight is 263 g/mol. The Morgan fingerprint density at radius 2 is 2.21 bits per heavy atom. The predicted octanol–water partition coefficient (Wildman–Crippen LogP) is 0.613. The number of hydrogen-bond acceptors (Lipinski definition) is 3. The Morgan fingerprint density at radius 1 is 1.37 bits per heavy atom. The van der Waals surface area contributed by atoms with Gasteiger partial charge in [-0.1, -0.05) is 12.1 Å². The van der Waals surface area contributed by atoms with E-state index < -0.39 is 0 Å². The van der Waals surface area contributed by atoms with Gasteiger partial charge >= 0.3 is 0 Å². The highest BCUT2D eigenvalue weighted by atomic mass is 19.1. The van der Waals surface area contributed by atoms with Crippen LogP contribution in [-0.2, 0) is 4.79 Å². The molecule has 19 heavy (non-hydrogen) atoms. The molecular weight excluding hydrogens is 245 g/mol. The van der Waals surface area contributed by atoms with Crippen LogP contribution in [0.3, 0.4) is 0 Å². The molecule has 102 valence electrons. The molecule has 0 spiro atoms. The zero-order chi connectivity index (χ0) is 13.4. The van der Waals surface area contributed by atoms with Crippen LogP contribution in [0.4, 0.5) is 4.39 Å². The largest absolute Gasteiger partial charge is 0.343 e. The van der Waals surface area contributed by atoms with E-state index in [1.165, 1.54) is 6.07 Å². The third-order valence-corrected chi connectivity index (χ3v) is 4.05. The van der Waals surface area contributed by atoms with Crippen LogP contribution in [0.2, 0.25) is 0 Å². The molecule has 1 N–H and O–H groups in total. The summed E-state index contributed by atoms with van der Waals surface area (Å²) in [6.07, 6.45) is 0. The van der Waals surface area contributed by atoms with Crippen LogP contribution >= 0.6 is 0 Å². The van der Waals surface area contributed by atoms with E-state index >= 15 is 0 Å². The van der Waals surface area contributed by atoms with E-state index in [-0.39, 0.29) is 17.8 Å². The standard InChI is InChI=1S/C14H18FN3O/c1-17-8-12-6-16-7-13(18(12)9-14(17)19)10-3-2-4-11(15)5-10/h2-5,12-13,16H,6-9H2,1H3. The lowest BCUT2D eigenvalue weighted by molar-refractivity contribution is -0.139. The molecule has 0 aliphatic carbocycles. The zero-order valence-electron chi connectivity index (χ0n) is 11.0. The van der Waals surface area contributed by atoms with Crippen molar-refractivity contribution < 1.29 is 9.18 Å². The second-order valence-corrected chi connectivity index (χ2v) is 5.33. The normalized spacial score (nSPS) is 28.3. The lowest BCUT2D eigenvalue weighted by Gasteiger charge is -2.47. The maximum Gasteiger partial charge on any atom is 0.236 e. The maximum absolute atomic E-state index is 13.4. The molecule has 1 aromatic carbocycles. The Hall–Kier alpha value is -1.46. The predicted molar refractivity (Wildman–Crippen MR) is 70.1 cm³/mol. The number of nitrogens with one attached hydrogen (secondary N) is 1. The van der Waals surface area contributed by atoms with Crippen molar-refractivity contribution in [2.75, 3.05) is 33.2 Å². The van der Waals surface area contributed by atoms with E-state index in [0.717, 1.165) is 25.2 Å². The van der Waals surface area contributed by atoms with Crippen LogP contribution in [0.15, 0.2) is 24.3 Å². The molecule has 0 radical (unpaired) electrons. The van der Waals surface area contributed by atoms with Gasteiger partial charge in [0.15, 0.2) is 0 Å². The van der Waals surface area contributed by atoms with Gasteiger partial charge in [-0.15, -0.1) is 0 Å². The Labute approximate surface area is 112 Å². The highest BCUT2D eigenvalue weighted by molar-refractivity contribution is 5.79. The minimum Gasteiger partial charge on any atom is -0.343 e.